The van der Waals surface area contributed by atoms with Gasteiger partial charge in [0, 0.05) is 29.2 Å². The Kier molecular flexibility index (Phi) is 7.09. The first kappa shape index (κ1) is 21.5. The van der Waals surface area contributed by atoms with E-state index in [1.54, 1.807) is 23.5 Å². The topological polar surface area (TPSA) is 54.3 Å². The standard InChI is InChI=1S/C22H21ClN2O2S2/c1-14(2)25-13-16(10-20(27)24-12-15-5-7-17(23)8-6-15)21(28)19-11-18(4-3-9-26)29-22(19)25/h5-8,11,13-14,26H,9-10,12H2,1-2H3,(H,24,27). The van der Waals surface area contributed by atoms with Crippen molar-refractivity contribution in [3.63, 3.8) is 0 Å². The van der Waals surface area contributed by atoms with Gasteiger partial charge in [-0.15, -0.1) is 11.3 Å². The van der Waals surface area contributed by atoms with E-state index in [2.05, 4.69) is 35.6 Å². The lowest BCUT2D eigenvalue weighted by molar-refractivity contribution is -0.120. The molecule has 7 heteroatoms. The summed E-state index contributed by atoms with van der Waals surface area (Å²) in [4.78, 5) is 14.4. The van der Waals surface area contributed by atoms with Crippen LogP contribution in [0.5, 0.6) is 0 Å². The van der Waals surface area contributed by atoms with Crippen LogP contribution in [0.15, 0.2) is 36.5 Å². The molecule has 0 aliphatic heterocycles. The smallest absolute Gasteiger partial charge is 0.224 e. The SMILES string of the molecule is CC(C)n1cc(CC(=O)NCc2ccc(Cl)cc2)c(=S)c2cc(C#CCO)sc21. The van der Waals surface area contributed by atoms with Crippen molar-refractivity contribution in [2.75, 3.05) is 6.61 Å². The van der Waals surface area contributed by atoms with E-state index in [1.165, 1.54) is 0 Å². The van der Waals surface area contributed by atoms with Crippen molar-refractivity contribution in [3.8, 4) is 11.8 Å². The van der Waals surface area contributed by atoms with Gasteiger partial charge in [-0.2, -0.15) is 0 Å². The molecule has 0 radical (unpaired) electrons. The van der Waals surface area contributed by atoms with Crippen LogP contribution in [0.3, 0.4) is 0 Å². The number of pyridine rings is 1. The molecule has 0 unspecified atom stereocenters. The number of carbonyl (C=O) groups is 1. The molecule has 0 aliphatic rings. The number of benzene rings is 1. The Labute approximate surface area is 184 Å². The number of hydrogen-bond donors (Lipinski definition) is 2. The first-order chi connectivity index (χ1) is 13.9. The Balaban J connectivity index is 1.86. The van der Waals surface area contributed by atoms with Crippen LogP contribution in [-0.2, 0) is 17.8 Å². The maximum Gasteiger partial charge on any atom is 0.224 e. The van der Waals surface area contributed by atoms with Gasteiger partial charge in [0.25, 0.3) is 0 Å². The fourth-order valence-corrected chi connectivity index (χ4v) is 4.55. The van der Waals surface area contributed by atoms with E-state index in [0.29, 0.717) is 16.1 Å². The molecular formula is C22H21ClN2O2S2. The Morgan fingerprint density at radius 2 is 2.07 bits per heavy atom. The predicted molar refractivity (Wildman–Crippen MR) is 122 cm³/mol. The second-order valence-corrected chi connectivity index (χ2v) is 8.73. The first-order valence-corrected chi connectivity index (χ1v) is 10.8. The summed E-state index contributed by atoms with van der Waals surface area (Å²) >= 11 is 13.1. The van der Waals surface area contributed by atoms with Gasteiger partial charge in [0.15, 0.2) is 0 Å². The number of halogens is 1. The lowest BCUT2D eigenvalue weighted by atomic mass is 10.1. The van der Waals surface area contributed by atoms with Crippen molar-refractivity contribution in [2.24, 2.45) is 0 Å². The number of amides is 1. The lowest BCUT2D eigenvalue weighted by Crippen LogP contribution is -2.25. The normalized spacial score (nSPS) is 10.8. The number of rotatable bonds is 5. The highest BCUT2D eigenvalue weighted by molar-refractivity contribution is 7.71. The average molecular weight is 445 g/mol. The molecule has 0 saturated heterocycles. The largest absolute Gasteiger partial charge is 0.384 e. The molecule has 150 valence electrons. The van der Waals surface area contributed by atoms with Crippen molar-refractivity contribution in [3.05, 3.63) is 62.1 Å². The summed E-state index contributed by atoms with van der Waals surface area (Å²) < 4.78 is 2.80. The minimum absolute atomic E-state index is 0.0868. The summed E-state index contributed by atoms with van der Waals surface area (Å²) in [5.74, 6) is 5.54. The zero-order valence-electron chi connectivity index (χ0n) is 16.2. The molecule has 2 heterocycles. The number of nitrogens with zero attached hydrogens (tertiary/aromatic N) is 1. The van der Waals surface area contributed by atoms with E-state index in [0.717, 1.165) is 26.2 Å². The molecule has 4 nitrogen and oxygen atoms in total. The predicted octanol–water partition coefficient (Wildman–Crippen LogP) is 4.87. The number of nitrogens with one attached hydrogen (secondary N) is 1. The Morgan fingerprint density at radius 1 is 1.34 bits per heavy atom. The maximum absolute atomic E-state index is 12.5. The summed E-state index contributed by atoms with van der Waals surface area (Å²) in [6.45, 7) is 4.43. The quantitative estimate of drug-likeness (QED) is 0.436. The average Bonchev–Trinajstić information content (AvgIpc) is 3.12. The zero-order valence-corrected chi connectivity index (χ0v) is 18.5. The van der Waals surface area contributed by atoms with Gasteiger partial charge in [0.2, 0.25) is 5.91 Å². The molecule has 0 fully saturated rings. The molecule has 0 atom stereocenters. The zero-order chi connectivity index (χ0) is 21.0. The highest BCUT2D eigenvalue weighted by atomic mass is 35.5. The van der Waals surface area contributed by atoms with E-state index < -0.39 is 0 Å². The van der Waals surface area contributed by atoms with Crippen LogP contribution in [0, 0.1) is 16.4 Å². The van der Waals surface area contributed by atoms with Gasteiger partial charge in [0.05, 0.1) is 15.8 Å². The molecule has 1 amide bonds. The summed E-state index contributed by atoms with van der Waals surface area (Å²) in [6, 6.07) is 9.54. The van der Waals surface area contributed by atoms with Crippen LogP contribution in [-0.4, -0.2) is 22.2 Å². The highest BCUT2D eigenvalue weighted by Crippen LogP contribution is 2.30. The molecule has 1 aromatic carbocycles. The molecule has 0 saturated carbocycles. The monoisotopic (exact) mass is 444 g/mol. The van der Waals surface area contributed by atoms with Crippen LogP contribution in [0.4, 0.5) is 0 Å². The van der Waals surface area contributed by atoms with Crippen LogP contribution in [0.1, 0.15) is 35.9 Å². The first-order valence-electron chi connectivity index (χ1n) is 9.17. The minimum atomic E-state index is -0.182. The van der Waals surface area contributed by atoms with Crippen molar-refractivity contribution in [1.29, 1.82) is 0 Å². The molecule has 2 N–H and O–H groups in total. The van der Waals surface area contributed by atoms with E-state index in [4.69, 9.17) is 28.9 Å². The molecule has 2 aromatic heterocycles. The summed E-state index contributed by atoms with van der Waals surface area (Å²) in [7, 11) is 0. The summed E-state index contributed by atoms with van der Waals surface area (Å²) in [5.41, 5.74) is 1.80. The number of aliphatic hydroxyl groups excluding tert-OH is 1. The van der Waals surface area contributed by atoms with Crippen LogP contribution in [0.2, 0.25) is 5.02 Å². The highest BCUT2D eigenvalue weighted by Gasteiger charge is 2.14. The van der Waals surface area contributed by atoms with Crippen LogP contribution in [0.25, 0.3) is 10.2 Å². The van der Waals surface area contributed by atoms with E-state index in [1.807, 2.05) is 24.4 Å². The van der Waals surface area contributed by atoms with E-state index >= 15 is 0 Å². The molecule has 29 heavy (non-hydrogen) atoms. The summed E-state index contributed by atoms with van der Waals surface area (Å²) in [6.07, 6.45) is 2.18. The fraction of sp³-hybridized carbons (Fsp3) is 0.273. The van der Waals surface area contributed by atoms with Gasteiger partial charge >= 0.3 is 0 Å². The Morgan fingerprint density at radius 3 is 2.72 bits per heavy atom. The Hall–Kier alpha value is -2.17. The maximum atomic E-state index is 12.5. The number of hydrogen-bond acceptors (Lipinski definition) is 4. The number of thiophene rings is 1. The molecule has 3 rings (SSSR count). The molecule has 0 aliphatic carbocycles. The molecular weight excluding hydrogens is 424 g/mol. The second-order valence-electron chi connectivity index (χ2n) is 6.85. The fourth-order valence-electron chi connectivity index (χ4n) is 2.93. The van der Waals surface area contributed by atoms with Gasteiger partial charge in [-0.3, -0.25) is 4.79 Å². The van der Waals surface area contributed by atoms with Crippen LogP contribution >= 0.6 is 35.2 Å². The third kappa shape index (κ3) is 5.26. The van der Waals surface area contributed by atoms with Gasteiger partial charge in [-0.25, -0.2) is 0 Å². The third-order valence-corrected chi connectivity index (χ3v) is 6.18. The third-order valence-electron chi connectivity index (χ3n) is 4.38. The molecule has 0 spiro atoms. The van der Waals surface area contributed by atoms with Gasteiger partial charge in [-0.1, -0.05) is 47.8 Å². The van der Waals surface area contributed by atoms with Crippen molar-refractivity contribution < 1.29 is 9.90 Å². The van der Waals surface area contributed by atoms with Crippen molar-refractivity contribution >= 4 is 51.3 Å². The van der Waals surface area contributed by atoms with E-state index in [9.17, 15) is 4.79 Å². The lowest BCUT2D eigenvalue weighted by Gasteiger charge is -2.15. The van der Waals surface area contributed by atoms with Crippen LogP contribution < -0.4 is 5.32 Å². The second kappa shape index (κ2) is 9.55. The minimum Gasteiger partial charge on any atom is -0.384 e. The van der Waals surface area contributed by atoms with Crippen molar-refractivity contribution in [1.82, 2.24) is 9.88 Å². The summed E-state index contributed by atoms with van der Waals surface area (Å²) in [5, 5.41) is 13.5. The van der Waals surface area contributed by atoms with Gasteiger partial charge in [0.1, 0.15) is 11.4 Å². The van der Waals surface area contributed by atoms with Gasteiger partial charge < -0.3 is 15.0 Å². The van der Waals surface area contributed by atoms with Gasteiger partial charge in [-0.05, 0) is 43.2 Å². The number of aromatic nitrogens is 1. The number of carbonyl (C=O) groups excluding carboxylic acids is 1. The number of aliphatic hydroxyl groups is 1. The van der Waals surface area contributed by atoms with Crippen molar-refractivity contribution in [2.45, 2.75) is 32.9 Å². The Bertz CT molecular complexity index is 1150. The van der Waals surface area contributed by atoms with E-state index in [-0.39, 0.29) is 25.0 Å². The molecule has 0 bridgehead atoms. The molecule has 3 aromatic rings. The number of fused-ring (bicyclic) bond motifs is 1.